The zero-order valence-corrected chi connectivity index (χ0v) is 16.5. The number of pyridine rings is 1. The van der Waals surface area contributed by atoms with Crippen LogP contribution in [0.15, 0.2) is 47.8 Å². The molecule has 3 N–H and O–H groups in total. The SMILES string of the molecule is CC(SC1(c2c(Cl)cncc2Cl)N=CNN1)C(=O)c1c[nH]c2ccccc12. The molecule has 0 fully saturated rings. The van der Waals surface area contributed by atoms with Gasteiger partial charge in [0.05, 0.1) is 15.3 Å². The summed E-state index contributed by atoms with van der Waals surface area (Å²) in [4.78, 5) is 23.7. The van der Waals surface area contributed by atoms with Crippen LogP contribution in [0, 0.1) is 0 Å². The van der Waals surface area contributed by atoms with E-state index in [0.29, 0.717) is 21.2 Å². The highest BCUT2D eigenvalue weighted by molar-refractivity contribution is 8.01. The number of nitrogens with one attached hydrogen (secondary N) is 3. The maximum Gasteiger partial charge on any atom is 0.205 e. The quantitative estimate of drug-likeness (QED) is 0.541. The predicted octanol–water partition coefficient (Wildman–Crippen LogP) is 4.12. The minimum atomic E-state index is -1.03. The van der Waals surface area contributed by atoms with Crippen molar-refractivity contribution in [2.45, 2.75) is 17.2 Å². The predicted molar refractivity (Wildman–Crippen MR) is 110 cm³/mol. The number of aromatic nitrogens is 2. The monoisotopic (exact) mass is 419 g/mol. The minimum Gasteiger partial charge on any atom is -0.360 e. The molecule has 2 atom stereocenters. The fraction of sp³-hybridized carbons (Fsp3) is 0.167. The van der Waals surface area contributed by atoms with Crippen molar-refractivity contribution in [3.63, 3.8) is 0 Å². The molecule has 2 unspecified atom stereocenters. The molecule has 1 aliphatic heterocycles. The molecule has 0 amide bonds. The summed E-state index contributed by atoms with van der Waals surface area (Å²) in [5.41, 5.74) is 8.05. The number of Topliss-reactive ketones (excluding diaryl/α,β-unsaturated/α-hetero) is 1. The molecule has 1 aliphatic rings. The van der Waals surface area contributed by atoms with E-state index < -0.39 is 10.2 Å². The van der Waals surface area contributed by atoms with Crippen LogP contribution in [-0.4, -0.2) is 27.3 Å². The molecule has 27 heavy (non-hydrogen) atoms. The number of halogens is 2. The fourth-order valence-corrected chi connectivity index (χ4v) is 5.14. The van der Waals surface area contributed by atoms with Crippen molar-refractivity contribution < 1.29 is 4.79 Å². The van der Waals surface area contributed by atoms with Crippen molar-refractivity contribution in [2.75, 3.05) is 0 Å². The average molecular weight is 420 g/mol. The first kappa shape index (κ1) is 18.3. The number of hydrogen-bond acceptors (Lipinski definition) is 6. The molecule has 0 saturated carbocycles. The topological polar surface area (TPSA) is 82.2 Å². The molecule has 0 bridgehead atoms. The van der Waals surface area contributed by atoms with Crippen LogP contribution in [0.3, 0.4) is 0 Å². The highest BCUT2D eigenvalue weighted by Gasteiger charge is 2.41. The standard InChI is InChI=1S/C18H15Cl2N5OS/c1-10(17(26)12-6-22-15-5-3-2-4-11(12)15)27-18(23-9-24-25-18)16-13(19)7-21-8-14(16)20/h2-10,22,25H,1H3,(H,23,24). The van der Waals surface area contributed by atoms with Gasteiger partial charge in [-0.2, -0.15) is 5.43 Å². The van der Waals surface area contributed by atoms with Crippen LogP contribution in [0.2, 0.25) is 10.0 Å². The summed E-state index contributed by atoms with van der Waals surface area (Å²) in [5.74, 6) is -0.0120. The molecule has 6 nitrogen and oxygen atoms in total. The van der Waals surface area contributed by atoms with Gasteiger partial charge in [0.2, 0.25) is 4.99 Å². The number of benzene rings is 1. The smallest absolute Gasteiger partial charge is 0.205 e. The Morgan fingerprint density at radius 1 is 1.22 bits per heavy atom. The Morgan fingerprint density at radius 3 is 2.67 bits per heavy atom. The molecule has 0 spiro atoms. The van der Waals surface area contributed by atoms with Gasteiger partial charge in [0.15, 0.2) is 5.78 Å². The number of nitrogens with zero attached hydrogens (tertiary/aromatic N) is 2. The van der Waals surface area contributed by atoms with Crippen LogP contribution in [0.4, 0.5) is 0 Å². The van der Waals surface area contributed by atoms with Crippen LogP contribution in [0.1, 0.15) is 22.8 Å². The summed E-state index contributed by atoms with van der Waals surface area (Å²) in [6.07, 6.45) is 6.27. The number of carbonyl (C=O) groups is 1. The van der Waals surface area contributed by atoms with Crippen LogP contribution < -0.4 is 10.9 Å². The van der Waals surface area contributed by atoms with E-state index in [1.165, 1.54) is 30.5 Å². The lowest BCUT2D eigenvalue weighted by Gasteiger charge is -2.29. The molecule has 9 heteroatoms. The summed E-state index contributed by atoms with van der Waals surface area (Å²) in [6, 6.07) is 7.71. The number of hydrazine groups is 1. The third kappa shape index (κ3) is 3.21. The highest BCUT2D eigenvalue weighted by atomic mass is 35.5. The summed E-state index contributed by atoms with van der Waals surface area (Å²) >= 11 is 14.0. The first-order valence-corrected chi connectivity index (χ1v) is 9.79. The van der Waals surface area contributed by atoms with Crippen LogP contribution in [0.5, 0.6) is 0 Å². The van der Waals surface area contributed by atoms with Crippen molar-refractivity contribution in [2.24, 2.45) is 4.99 Å². The van der Waals surface area contributed by atoms with Crippen molar-refractivity contribution in [3.05, 3.63) is 64.0 Å². The number of fused-ring (bicyclic) bond motifs is 1. The number of thioether (sulfide) groups is 1. The van der Waals surface area contributed by atoms with E-state index in [-0.39, 0.29) is 5.78 Å². The van der Waals surface area contributed by atoms with Crippen molar-refractivity contribution in [1.82, 2.24) is 20.8 Å². The highest BCUT2D eigenvalue weighted by Crippen LogP contribution is 2.45. The Morgan fingerprint density at radius 2 is 1.96 bits per heavy atom. The van der Waals surface area contributed by atoms with Crippen LogP contribution >= 0.6 is 35.0 Å². The largest absolute Gasteiger partial charge is 0.360 e. The lowest BCUT2D eigenvalue weighted by Crippen LogP contribution is -2.42. The maximum absolute atomic E-state index is 13.1. The van der Waals surface area contributed by atoms with Crippen molar-refractivity contribution in [3.8, 4) is 0 Å². The van der Waals surface area contributed by atoms with Gasteiger partial charge in [0, 0.05) is 40.6 Å². The number of para-hydroxylation sites is 1. The normalized spacial score (nSPS) is 20.0. The molecule has 0 aliphatic carbocycles. The van der Waals surface area contributed by atoms with Gasteiger partial charge in [-0.05, 0) is 13.0 Å². The zero-order chi connectivity index (χ0) is 19.0. The van der Waals surface area contributed by atoms with Crippen LogP contribution in [0.25, 0.3) is 10.9 Å². The summed E-state index contributed by atoms with van der Waals surface area (Å²) in [6.45, 7) is 1.84. The summed E-state index contributed by atoms with van der Waals surface area (Å²) in [7, 11) is 0. The number of carbonyl (C=O) groups excluding carboxylic acids is 1. The van der Waals surface area contributed by atoms with E-state index in [1.54, 1.807) is 6.20 Å². The molecule has 3 heterocycles. The fourth-order valence-electron chi connectivity index (χ4n) is 3.07. The second-order valence-electron chi connectivity index (χ2n) is 6.02. The van der Waals surface area contributed by atoms with Crippen LogP contribution in [-0.2, 0) is 4.99 Å². The van der Waals surface area contributed by atoms with Gasteiger partial charge in [-0.3, -0.25) is 9.78 Å². The molecule has 2 aromatic heterocycles. The Kier molecular flexibility index (Phi) is 4.86. The third-order valence-corrected chi connectivity index (χ3v) is 6.21. The molecule has 0 saturated heterocycles. The van der Waals surface area contributed by atoms with Gasteiger partial charge in [-0.1, -0.05) is 53.2 Å². The van der Waals surface area contributed by atoms with Crippen molar-refractivity contribution >= 4 is 58.0 Å². The Labute approximate surface area is 169 Å². The number of hydrogen-bond donors (Lipinski definition) is 3. The first-order chi connectivity index (χ1) is 13.0. The third-order valence-electron chi connectivity index (χ3n) is 4.32. The second kappa shape index (κ2) is 7.16. The zero-order valence-electron chi connectivity index (χ0n) is 14.2. The summed E-state index contributed by atoms with van der Waals surface area (Å²) in [5, 5.41) is 1.21. The molecule has 1 aromatic carbocycles. The van der Waals surface area contributed by atoms with E-state index in [2.05, 4.69) is 25.8 Å². The van der Waals surface area contributed by atoms with Gasteiger partial charge in [-0.25, -0.2) is 4.99 Å². The molecular weight excluding hydrogens is 405 g/mol. The number of H-pyrrole nitrogens is 1. The summed E-state index contributed by atoms with van der Waals surface area (Å²) < 4.78 is 0. The Bertz CT molecular complexity index is 1030. The lowest BCUT2D eigenvalue weighted by molar-refractivity contribution is 0.0995. The van der Waals surface area contributed by atoms with Gasteiger partial charge in [0.1, 0.15) is 6.34 Å². The minimum absolute atomic E-state index is 0.0120. The van der Waals surface area contributed by atoms with Crippen molar-refractivity contribution in [1.29, 1.82) is 0 Å². The Hall–Kier alpha value is -2.06. The molecule has 3 aromatic rings. The molecular formula is C18H15Cl2N5OS. The van der Waals surface area contributed by atoms with E-state index in [0.717, 1.165) is 10.9 Å². The Balaban J connectivity index is 1.68. The number of aliphatic imine (C=N–C) groups is 1. The van der Waals surface area contributed by atoms with Gasteiger partial charge in [-0.15, -0.1) is 0 Å². The number of rotatable bonds is 5. The maximum atomic E-state index is 13.1. The average Bonchev–Trinajstić information content (AvgIpc) is 3.28. The van der Waals surface area contributed by atoms with Gasteiger partial charge < -0.3 is 10.4 Å². The van der Waals surface area contributed by atoms with E-state index in [1.807, 2.05) is 31.2 Å². The molecule has 4 rings (SSSR count). The van der Waals surface area contributed by atoms with E-state index in [4.69, 9.17) is 23.2 Å². The van der Waals surface area contributed by atoms with E-state index in [9.17, 15) is 4.79 Å². The van der Waals surface area contributed by atoms with E-state index >= 15 is 0 Å². The van der Waals surface area contributed by atoms with Gasteiger partial charge in [0.25, 0.3) is 0 Å². The number of ketones is 1. The molecule has 138 valence electrons. The van der Waals surface area contributed by atoms with Gasteiger partial charge >= 0.3 is 0 Å². The second-order valence-corrected chi connectivity index (χ2v) is 8.37. The number of aromatic amines is 1. The lowest BCUT2D eigenvalue weighted by atomic mass is 10.1. The molecule has 0 radical (unpaired) electrons. The first-order valence-electron chi connectivity index (χ1n) is 8.16.